The Morgan fingerprint density at radius 2 is 2.50 bits per heavy atom. The minimum absolute atomic E-state index is 0.254. The van der Waals surface area contributed by atoms with Gasteiger partial charge in [0.05, 0.1) is 6.54 Å². The average Bonchev–Trinajstić information content (AvgIpc) is 2.14. The summed E-state index contributed by atoms with van der Waals surface area (Å²) in [5.41, 5.74) is 5.10. The molecule has 2 nitrogen and oxygen atoms in total. The van der Waals surface area contributed by atoms with E-state index in [0.717, 1.165) is 6.26 Å². The predicted octanol–water partition coefficient (Wildman–Crippen LogP) is 0.877. The van der Waals surface area contributed by atoms with Crippen LogP contribution in [0.25, 0.3) is 0 Å². The Hall–Kier alpha value is -0.830. The zero-order valence-corrected chi connectivity index (χ0v) is 4.23. The van der Waals surface area contributed by atoms with Crippen LogP contribution in [0, 0.1) is 5.82 Å². The Kier molecular flexibility index (Phi) is 1.30. The molecule has 0 aliphatic heterocycles. The molecule has 1 aromatic rings. The van der Waals surface area contributed by atoms with Crippen LogP contribution < -0.4 is 5.73 Å². The van der Waals surface area contributed by atoms with E-state index in [1.807, 2.05) is 0 Å². The SMILES string of the molecule is NCc1cc(F)co1. The van der Waals surface area contributed by atoms with Crippen LogP contribution in [0.15, 0.2) is 16.7 Å². The molecule has 3 heteroatoms. The topological polar surface area (TPSA) is 39.2 Å². The third-order valence-corrected chi connectivity index (χ3v) is 0.823. The number of halogens is 1. The third kappa shape index (κ3) is 0.869. The van der Waals surface area contributed by atoms with Gasteiger partial charge in [-0.1, -0.05) is 0 Å². The van der Waals surface area contributed by atoms with E-state index in [1.54, 1.807) is 0 Å². The van der Waals surface area contributed by atoms with E-state index in [4.69, 9.17) is 5.73 Å². The molecule has 0 aliphatic rings. The van der Waals surface area contributed by atoms with E-state index in [9.17, 15) is 4.39 Å². The second-order valence-electron chi connectivity index (χ2n) is 1.44. The van der Waals surface area contributed by atoms with E-state index >= 15 is 0 Å². The van der Waals surface area contributed by atoms with E-state index in [-0.39, 0.29) is 12.4 Å². The predicted molar refractivity (Wildman–Crippen MR) is 26.6 cm³/mol. The van der Waals surface area contributed by atoms with Crippen LogP contribution in [0.4, 0.5) is 4.39 Å². The van der Waals surface area contributed by atoms with Gasteiger partial charge in [-0.2, -0.15) is 0 Å². The van der Waals surface area contributed by atoms with Crippen LogP contribution in [0.2, 0.25) is 0 Å². The number of rotatable bonds is 1. The fourth-order valence-corrected chi connectivity index (χ4v) is 0.461. The van der Waals surface area contributed by atoms with Crippen molar-refractivity contribution in [2.45, 2.75) is 6.54 Å². The van der Waals surface area contributed by atoms with E-state index in [2.05, 4.69) is 4.42 Å². The Morgan fingerprint density at radius 3 is 2.75 bits per heavy atom. The highest BCUT2D eigenvalue weighted by atomic mass is 19.1. The van der Waals surface area contributed by atoms with Crippen molar-refractivity contribution < 1.29 is 8.81 Å². The third-order valence-electron chi connectivity index (χ3n) is 0.823. The maximum absolute atomic E-state index is 12.0. The van der Waals surface area contributed by atoms with Crippen molar-refractivity contribution in [2.75, 3.05) is 0 Å². The molecule has 0 bridgehead atoms. The molecule has 1 rings (SSSR count). The van der Waals surface area contributed by atoms with E-state index in [0.29, 0.717) is 5.76 Å². The lowest BCUT2D eigenvalue weighted by Crippen LogP contribution is -1.92. The second-order valence-corrected chi connectivity index (χ2v) is 1.44. The first-order chi connectivity index (χ1) is 3.83. The van der Waals surface area contributed by atoms with Crippen molar-refractivity contribution in [2.24, 2.45) is 5.73 Å². The van der Waals surface area contributed by atoms with Crippen molar-refractivity contribution in [3.05, 3.63) is 23.9 Å². The van der Waals surface area contributed by atoms with Gasteiger partial charge in [0.25, 0.3) is 0 Å². The Bertz CT molecular complexity index is 173. The summed E-state index contributed by atoms with van der Waals surface area (Å²) in [4.78, 5) is 0. The Labute approximate surface area is 46.1 Å². The van der Waals surface area contributed by atoms with Gasteiger partial charge in [0.1, 0.15) is 12.0 Å². The molecular formula is C5H6FNO. The minimum Gasteiger partial charge on any atom is -0.465 e. The van der Waals surface area contributed by atoms with Crippen molar-refractivity contribution in [3.8, 4) is 0 Å². The first-order valence-corrected chi connectivity index (χ1v) is 2.26. The highest BCUT2D eigenvalue weighted by Gasteiger charge is 1.94. The molecule has 0 aliphatic carbocycles. The summed E-state index contributed by atoms with van der Waals surface area (Å²) in [6.45, 7) is 0.254. The summed E-state index contributed by atoms with van der Waals surface area (Å²) in [6, 6.07) is 1.26. The van der Waals surface area contributed by atoms with Crippen molar-refractivity contribution >= 4 is 0 Å². The second kappa shape index (κ2) is 1.96. The van der Waals surface area contributed by atoms with Gasteiger partial charge in [0.15, 0.2) is 5.82 Å². The van der Waals surface area contributed by atoms with Gasteiger partial charge in [-0.25, -0.2) is 4.39 Å². The molecule has 0 spiro atoms. The van der Waals surface area contributed by atoms with E-state index in [1.165, 1.54) is 6.07 Å². The van der Waals surface area contributed by atoms with E-state index < -0.39 is 0 Å². The van der Waals surface area contributed by atoms with Gasteiger partial charge in [0.2, 0.25) is 0 Å². The highest BCUT2D eigenvalue weighted by Crippen LogP contribution is 2.02. The van der Waals surface area contributed by atoms with Crippen LogP contribution in [0.5, 0.6) is 0 Å². The largest absolute Gasteiger partial charge is 0.465 e. The fourth-order valence-electron chi connectivity index (χ4n) is 0.461. The standard InChI is InChI=1S/C5H6FNO/c6-4-1-5(2-7)8-3-4/h1,3H,2,7H2. The summed E-state index contributed by atoms with van der Waals surface area (Å²) >= 11 is 0. The number of furan rings is 1. The lowest BCUT2D eigenvalue weighted by atomic mass is 10.4. The summed E-state index contributed by atoms with van der Waals surface area (Å²) in [7, 11) is 0. The lowest BCUT2D eigenvalue weighted by molar-refractivity contribution is 0.495. The molecule has 8 heavy (non-hydrogen) atoms. The molecule has 0 saturated carbocycles. The van der Waals surface area contributed by atoms with Crippen molar-refractivity contribution in [1.82, 2.24) is 0 Å². The molecule has 2 N–H and O–H groups in total. The zero-order valence-electron chi connectivity index (χ0n) is 4.23. The summed E-state index contributed by atoms with van der Waals surface area (Å²) < 4.78 is 16.6. The molecule has 1 aromatic heterocycles. The smallest absolute Gasteiger partial charge is 0.161 e. The first-order valence-electron chi connectivity index (χ1n) is 2.26. The monoisotopic (exact) mass is 115 g/mol. The molecule has 0 aromatic carbocycles. The molecule has 44 valence electrons. The molecule has 0 fully saturated rings. The highest BCUT2D eigenvalue weighted by molar-refractivity contribution is 4.99. The molecule has 0 amide bonds. The number of hydrogen-bond acceptors (Lipinski definition) is 2. The Balaban J connectivity index is 2.84. The Morgan fingerprint density at radius 1 is 1.75 bits per heavy atom. The summed E-state index contributed by atoms with van der Waals surface area (Å²) in [5, 5.41) is 0. The van der Waals surface area contributed by atoms with Crippen molar-refractivity contribution in [1.29, 1.82) is 0 Å². The quantitative estimate of drug-likeness (QED) is 0.590. The van der Waals surface area contributed by atoms with Gasteiger partial charge >= 0.3 is 0 Å². The molecule has 0 saturated heterocycles. The molecule has 0 atom stereocenters. The number of nitrogens with two attached hydrogens (primary N) is 1. The fraction of sp³-hybridized carbons (Fsp3) is 0.200. The van der Waals surface area contributed by atoms with Gasteiger partial charge in [0, 0.05) is 6.07 Å². The van der Waals surface area contributed by atoms with Gasteiger partial charge in [-0.15, -0.1) is 0 Å². The van der Waals surface area contributed by atoms with Crippen LogP contribution in [0.3, 0.4) is 0 Å². The molecule has 0 radical (unpaired) electrons. The maximum atomic E-state index is 12.0. The summed E-state index contributed by atoms with van der Waals surface area (Å²) in [6.07, 6.45) is 1.03. The summed E-state index contributed by atoms with van der Waals surface area (Å²) in [5.74, 6) is 0.105. The normalized spacial score (nSPS) is 9.75. The van der Waals surface area contributed by atoms with Crippen LogP contribution in [-0.2, 0) is 6.54 Å². The van der Waals surface area contributed by atoms with Gasteiger partial charge in [-0.05, 0) is 0 Å². The lowest BCUT2D eigenvalue weighted by Gasteiger charge is -1.79. The van der Waals surface area contributed by atoms with Crippen LogP contribution >= 0.6 is 0 Å². The van der Waals surface area contributed by atoms with Gasteiger partial charge in [-0.3, -0.25) is 0 Å². The number of hydrogen-bond donors (Lipinski definition) is 1. The molecule has 1 heterocycles. The minimum atomic E-state index is -0.370. The molecular weight excluding hydrogens is 109 g/mol. The van der Waals surface area contributed by atoms with Crippen LogP contribution in [0.1, 0.15) is 5.76 Å². The first kappa shape index (κ1) is 5.31. The van der Waals surface area contributed by atoms with Crippen LogP contribution in [-0.4, -0.2) is 0 Å². The maximum Gasteiger partial charge on any atom is 0.161 e. The van der Waals surface area contributed by atoms with Crippen molar-refractivity contribution in [3.63, 3.8) is 0 Å². The molecule has 0 unspecified atom stereocenters. The average molecular weight is 115 g/mol. The zero-order chi connectivity index (χ0) is 5.98. The van der Waals surface area contributed by atoms with Gasteiger partial charge < -0.3 is 10.2 Å².